The first kappa shape index (κ1) is 15.4. The van der Waals surface area contributed by atoms with E-state index in [9.17, 15) is 5.11 Å². The van der Waals surface area contributed by atoms with E-state index < -0.39 is 6.10 Å². The van der Waals surface area contributed by atoms with E-state index in [-0.39, 0.29) is 0 Å². The predicted molar refractivity (Wildman–Crippen MR) is 85.2 cm³/mol. The molecule has 0 amide bonds. The number of pyridine rings is 2. The molecular formula is C17H23N3O. The van der Waals surface area contributed by atoms with Gasteiger partial charge in [0.25, 0.3) is 0 Å². The van der Waals surface area contributed by atoms with Crippen molar-refractivity contribution in [1.29, 1.82) is 0 Å². The van der Waals surface area contributed by atoms with Crippen LogP contribution in [0.15, 0.2) is 36.5 Å². The molecule has 2 aromatic rings. The highest BCUT2D eigenvalue weighted by atomic mass is 16.3. The van der Waals surface area contributed by atoms with E-state index in [2.05, 4.69) is 21.8 Å². The molecule has 0 aliphatic heterocycles. The van der Waals surface area contributed by atoms with E-state index in [1.165, 1.54) is 0 Å². The van der Waals surface area contributed by atoms with Gasteiger partial charge >= 0.3 is 0 Å². The monoisotopic (exact) mass is 285 g/mol. The molecule has 2 aromatic heterocycles. The van der Waals surface area contributed by atoms with Gasteiger partial charge in [0.1, 0.15) is 0 Å². The minimum atomic E-state index is -0.479. The van der Waals surface area contributed by atoms with Gasteiger partial charge in [0.05, 0.1) is 35.9 Å². The number of anilines is 1. The Hall–Kier alpha value is -1.94. The summed E-state index contributed by atoms with van der Waals surface area (Å²) < 4.78 is 0. The summed E-state index contributed by atoms with van der Waals surface area (Å²) in [5.41, 5.74) is 3.86. The Bertz CT molecular complexity index is 569. The van der Waals surface area contributed by atoms with Crippen LogP contribution in [0, 0.1) is 6.92 Å². The Morgan fingerprint density at radius 2 is 2.00 bits per heavy atom. The van der Waals surface area contributed by atoms with Crippen molar-refractivity contribution in [2.24, 2.45) is 0 Å². The third-order valence-electron chi connectivity index (χ3n) is 3.54. The Morgan fingerprint density at radius 1 is 1.19 bits per heavy atom. The number of aryl methyl sites for hydroxylation is 1. The summed E-state index contributed by atoms with van der Waals surface area (Å²) in [7, 11) is 0. The van der Waals surface area contributed by atoms with E-state index in [0.29, 0.717) is 6.42 Å². The highest BCUT2D eigenvalue weighted by Gasteiger charge is 2.10. The van der Waals surface area contributed by atoms with Crippen molar-refractivity contribution in [2.45, 2.75) is 39.8 Å². The van der Waals surface area contributed by atoms with Crippen LogP contribution < -0.4 is 4.90 Å². The Labute approximate surface area is 126 Å². The molecule has 1 unspecified atom stereocenters. The quantitative estimate of drug-likeness (QED) is 0.885. The lowest BCUT2D eigenvalue weighted by Crippen LogP contribution is -2.23. The van der Waals surface area contributed by atoms with Crippen LogP contribution in [0.25, 0.3) is 0 Å². The van der Waals surface area contributed by atoms with Crippen molar-refractivity contribution in [3.05, 3.63) is 53.6 Å². The summed E-state index contributed by atoms with van der Waals surface area (Å²) in [4.78, 5) is 11.1. The molecule has 21 heavy (non-hydrogen) atoms. The predicted octanol–water partition coefficient (Wildman–Crippen LogP) is 3.25. The van der Waals surface area contributed by atoms with Crippen LogP contribution in [0.5, 0.6) is 0 Å². The highest BCUT2D eigenvalue weighted by Crippen LogP contribution is 2.19. The van der Waals surface area contributed by atoms with Gasteiger partial charge in [-0.25, -0.2) is 0 Å². The molecule has 0 fully saturated rings. The lowest BCUT2D eigenvalue weighted by atomic mass is 10.2. The van der Waals surface area contributed by atoms with Crippen LogP contribution in [0.3, 0.4) is 0 Å². The molecule has 0 saturated carbocycles. The SMILES string of the molecule is CCC(O)c1ccc(N(CC)Cc2cccc(C)n2)cn1. The van der Waals surface area contributed by atoms with Gasteiger partial charge in [-0.05, 0) is 44.5 Å². The van der Waals surface area contributed by atoms with Crippen LogP contribution in [-0.2, 0) is 6.54 Å². The van der Waals surface area contributed by atoms with Crippen molar-refractivity contribution in [3.8, 4) is 0 Å². The Balaban J connectivity index is 2.14. The van der Waals surface area contributed by atoms with Crippen molar-refractivity contribution in [3.63, 3.8) is 0 Å². The lowest BCUT2D eigenvalue weighted by Gasteiger charge is -2.23. The van der Waals surface area contributed by atoms with Gasteiger partial charge in [-0.2, -0.15) is 0 Å². The van der Waals surface area contributed by atoms with Gasteiger partial charge in [-0.15, -0.1) is 0 Å². The summed E-state index contributed by atoms with van der Waals surface area (Å²) >= 11 is 0. The van der Waals surface area contributed by atoms with Gasteiger partial charge in [0, 0.05) is 12.2 Å². The van der Waals surface area contributed by atoms with Crippen LogP contribution in [-0.4, -0.2) is 21.6 Å². The minimum Gasteiger partial charge on any atom is -0.387 e. The van der Waals surface area contributed by atoms with Gasteiger partial charge in [0.15, 0.2) is 0 Å². The zero-order valence-corrected chi connectivity index (χ0v) is 13.0. The van der Waals surface area contributed by atoms with Gasteiger partial charge in [0.2, 0.25) is 0 Å². The van der Waals surface area contributed by atoms with Crippen LogP contribution in [0.2, 0.25) is 0 Å². The fourth-order valence-corrected chi connectivity index (χ4v) is 2.26. The first-order chi connectivity index (χ1) is 10.1. The molecule has 0 aromatic carbocycles. The van der Waals surface area contributed by atoms with Crippen LogP contribution in [0.4, 0.5) is 5.69 Å². The van der Waals surface area contributed by atoms with Gasteiger partial charge in [-0.1, -0.05) is 13.0 Å². The Kier molecular flexibility index (Phi) is 5.28. The zero-order valence-electron chi connectivity index (χ0n) is 13.0. The molecule has 1 N–H and O–H groups in total. The van der Waals surface area contributed by atoms with Crippen LogP contribution >= 0.6 is 0 Å². The first-order valence-corrected chi connectivity index (χ1v) is 7.45. The lowest BCUT2D eigenvalue weighted by molar-refractivity contribution is 0.169. The van der Waals surface area contributed by atoms with Crippen LogP contribution in [0.1, 0.15) is 43.5 Å². The molecule has 4 heteroatoms. The fraction of sp³-hybridized carbons (Fsp3) is 0.412. The Morgan fingerprint density at radius 3 is 2.57 bits per heavy atom. The molecule has 4 nitrogen and oxygen atoms in total. The average molecular weight is 285 g/mol. The molecule has 0 aliphatic carbocycles. The molecule has 0 aliphatic rings. The standard InChI is InChI=1S/C17H23N3O/c1-4-17(21)16-10-9-15(11-18-16)20(5-2)12-14-8-6-7-13(3)19-14/h6-11,17,21H,4-5,12H2,1-3H3. The number of aliphatic hydroxyl groups excluding tert-OH is 1. The number of rotatable bonds is 6. The number of hydrogen-bond acceptors (Lipinski definition) is 4. The molecule has 1 atom stereocenters. The summed E-state index contributed by atoms with van der Waals surface area (Å²) in [6.45, 7) is 7.71. The largest absolute Gasteiger partial charge is 0.387 e. The maximum atomic E-state index is 9.80. The minimum absolute atomic E-state index is 0.479. The molecule has 2 rings (SSSR count). The van der Waals surface area contributed by atoms with Gasteiger partial charge < -0.3 is 10.0 Å². The highest BCUT2D eigenvalue weighted by molar-refractivity contribution is 5.45. The molecular weight excluding hydrogens is 262 g/mol. The van der Waals surface area contributed by atoms with Crippen molar-refractivity contribution >= 4 is 5.69 Å². The van der Waals surface area contributed by atoms with Gasteiger partial charge in [-0.3, -0.25) is 9.97 Å². The number of hydrogen-bond donors (Lipinski definition) is 1. The topological polar surface area (TPSA) is 49.2 Å². The van der Waals surface area contributed by atoms with E-state index >= 15 is 0 Å². The molecule has 2 heterocycles. The van der Waals surface area contributed by atoms with Crippen molar-refractivity contribution in [1.82, 2.24) is 9.97 Å². The number of nitrogens with zero attached hydrogens (tertiary/aromatic N) is 3. The molecule has 0 spiro atoms. The smallest absolute Gasteiger partial charge is 0.0957 e. The molecule has 112 valence electrons. The normalized spacial score (nSPS) is 12.2. The summed E-state index contributed by atoms with van der Waals surface area (Å²) in [5, 5.41) is 9.80. The number of aliphatic hydroxyl groups is 1. The summed E-state index contributed by atoms with van der Waals surface area (Å²) in [5.74, 6) is 0. The zero-order chi connectivity index (χ0) is 15.2. The van der Waals surface area contributed by atoms with E-state index in [1.807, 2.05) is 50.4 Å². The average Bonchev–Trinajstić information content (AvgIpc) is 2.52. The summed E-state index contributed by atoms with van der Waals surface area (Å²) in [6, 6.07) is 9.99. The molecule has 0 saturated heterocycles. The van der Waals surface area contributed by atoms with Crippen molar-refractivity contribution in [2.75, 3.05) is 11.4 Å². The molecule has 0 bridgehead atoms. The van der Waals surface area contributed by atoms with Crippen molar-refractivity contribution < 1.29 is 5.11 Å². The fourth-order valence-electron chi connectivity index (χ4n) is 2.26. The first-order valence-electron chi connectivity index (χ1n) is 7.45. The van der Waals surface area contributed by atoms with E-state index in [0.717, 1.165) is 35.9 Å². The number of aromatic nitrogens is 2. The molecule has 0 radical (unpaired) electrons. The maximum Gasteiger partial charge on any atom is 0.0957 e. The second-order valence-electron chi connectivity index (χ2n) is 5.15. The third-order valence-corrected chi connectivity index (χ3v) is 3.54. The van der Waals surface area contributed by atoms with E-state index in [4.69, 9.17) is 0 Å². The van der Waals surface area contributed by atoms with E-state index in [1.54, 1.807) is 0 Å². The maximum absolute atomic E-state index is 9.80. The second-order valence-corrected chi connectivity index (χ2v) is 5.15. The second kappa shape index (κ2) is 7.18. The third kappa shape index (κ3) is 4.02. The summed E-state index contributed by atoms with van der Waals surface area (Å²) in [6.07, 6.45) is 2.03.